The Morgan fingerprint density at radius 2 is 2.18 bits per heavy atom. The first-order valence-corrected chi connectivity index (χ1v) is 7.46. The molecule has 2 aliphatic rings. The molecule has 0 aromatic heterocycles. The van der Waals surface area contributed by atoms with E-state index < -0.39 is 0 Å². The maximum atomic E-state index is 9.78. The van der Waals surface area contributed by atoms with Crippen molar-refractivity contribution in [1.29, 1.82) is 0 Å². The van der Waals surface area contributed by atoms with Gasteiger partial charge in [-0.2, -0.15) is 0 Å². The summed E-state index contributed by atoms with van der Waals surface area (Å²) in [7, 11) is 0. The van der Waals surface area contributed by atoms with Crippen LogP contribution in [0.3, 0.4) is 0 Å². The normalized spacial score (nSPS) is 35.3. The number of rotatable bonds is 6. The van der Waals surface area contributed by atoms with Gasteiger partial charge >= 0.3 is 0 Å². The molecule has 1 saturated carbocycles. The van der Waals surface area contributed by atoms with Crippen LogP contribution in [0.25, 0.3) is 0 Å². The van der Waals surface area contributed by atoms with Crippen molar-refractivity contribution in [2.24, 2.45) is 5.92 Å². The van der Waals surface area contributed by atoms with Crippen LogP contribution in [0.5, 0.6) is 0 Å². The smallest absolute Gasteiger partial charge is 0.0664 e. The zero-order chi connectivity index (χ0) is 12.1. The molecule has 4 unspecified atom stereocenters. The molecule has 1 aliphatic heterocycles. The van der Waals surface area contributed by atoms with Crippen molar-refractivity contribution < 1.29 is 5.11 Å². The standard InChI is InChI=1S/C14H28N2O/c1-2-5-11(17)10-16-14-7-3-6-12(14)13-8-4-9-15-13/h11-17H,2-10H2,1H3. The molecule has 0 radical (unpaired) electrons. The van der Waals surface area contributed by atoms with Crippen molar-refractivity contribution in [1.82, 2.24) is 10.6 Å². The number of aliphatic hydroxyl groups excluding tert-OH is 1. The fourth-order valence-corrected chi connectivity index (χ4v) is 3.52. The zero-order valence-corrected chi connectivity index (χ0v) is 11.1. The summed E-state index contributed by atoms with van der Waals surface area (Å²) in [5, 5.41) is 17.0. The lowest BCUT2D eigenvalue weighted by Crippen LogP contribution is -2.44. The van der Waals surface area contributed by atoms with E-state index in [1.54, 1.807) is 0 Å². The molecule has 3 nitrogen and oxygen atoms in total. The molecule has 2 rings (SSSR count). The first-order valence-electron chi connectivity index (χ1n) is 7.46. The molecule has 1 heterocycles. The van der Waals surface area contributed by atoms with Gasteiger partial charge in [-0.25, -0.2) is 0 Å². The Kier molecular flexibility index (Phi) is 5.26. The molecule has 100 valence electrons. The monoisotopic (exact) mass is 240 g/mol. The van der Waals surface area contributed by atoms with Crippen molar-refractivity contribution in [2.75, 3.05) is 13.1 Å². The predicted octanol–water partition coefficient (Wildman–Crippen LogP) is 1.66. The fraction of sp³-hybridized carbons (Fsp3) is 1.00. The van der Waals surface area contributed by atoms with Gasteiger partial charge in [-0.15, -0.1) is 0 Å². The van der Waals surface area contributed by atoms with Crippen LogP contribution >= 0.6 is 0 Å². The third-order valence-electron chi connectivity index (χ3n) is 4.42. The highest BCUT2D eigenvalue weighted by atomic mass is 16.3. The summed E-state index contributed by atoms with van der Waals surface area (Å²) >= 11 is 0. The third kappa shape index (κ3) is 3.67. The van der Waals surface area contributed by atoms with E-state index in [0.717, 1.165) is 31.3 Å². The van der Waals surface area contributed by atoms with Crippen molar-refractivity contribution in [3.05, 3.63) is 0 Å². The molecule has 0 aromatic carbocycles. The van der Waals surface area contributed by atoms with Gasteiger partial charge < -0.3 is 15.7 Å². The fourth-order valence-electron chi connectivity index (χ4n) is 3.52. The van der Waals surface area contributed by atoms with Crippen LogP contribution in [-0.4, -0.2) is 36.4 Å². The second-order valence-corrected chi connectivity index (χ2v) is 5.75. The molecule has 1 saturated heterocycles. The van der Waals surface area contributed by atoms with E-state index in [4.69, 9.17) is 0 Å². The summed E-state index contributed by atoms with van der Waals surface area (Å²) in [5.41, 5.74) is 0. The van der Waals surface area contributed by atoms with E-state index in [1.165, 1.54) is 38.6 Å². The van der Waals surface area contributed by atoms with Crippen LogP contribution in [0.4, 0.5) is 0 Å². The second kappa shape index (κ2) is 6.72. The Bertz CT molecular complexity index is 216. The minimum atomic E-state index is -0.155. The number of hydrogen-bond acceptors (Lipinski definition) is 3. The molecular weight excluding hydrogens is 212 g/mol. The number of hydrogen-bond donors (Lipinski definition) is 3. The largest absolute Gasteiger partial charge is 0.392 e. The molecule has 0 amide bonds. The van der Waals surface area contributed by atoms with E-state index in [2.05, 4.69) is 17.6 Å². The van der Waals surface area contributed by atoms with Crippen LogP contribution in [-0.2, 0) is 0 Å². The quantitative estimate of drug-likeness (QED) is 0.661. The maximum Gasteiger partial charge on any atom is 0.0664 e. The molecule has 0 spiro atoms. The first-order chi connectivity index (χ1) is 8.31. The van der Waals surface area contributed by atoms with Gasteiger partial charge in [0.25, 0.3) is 0 Å². The minimum absolute atomic E-state index is 0.155. The Labute approximate surface area is 105 Å². The van der Waals surface area contributed by atoms with E-state index in [1.807, 2.05) is 0 Å². The first kappa shape index (κ1) is 13.3. The highest BCUT2D eigenvalue weighted by Crippen LogP contribution is 2.31. The van der Waals surface area contributed by atoms with Crippen LogP contribution in [0.1, 0.15) is 51.9 Å². The average Bonchev–Trinajstić information content (AvgIpc) is 2.97. The Morgan fingerprint density at radius 3 is 2.88 bits per heavy atom. The molecule has 0 bridgehead atoms. The molecular formula is C14H28N2O. The molecule has 4 atom stereocenters. The third-order valence-corrected chi connectivity index (χ3v) is 4.42. The van der Waals surface area contributed by atoms with Crippen molar-refractivity contribution in [3.63, 3.8) is 0 Å². The second-order valence-electron chi connectivity index (χ2n) is 5.75. The lowest BCUT2D eigenvalue weighted by atomic mass is 9.93. The van der Waals surface area contributed by atoms with Gasteiger partial charge in [0.05, 0.1) is 6.10 Å². The van der Waals surface area contributed by atoms with Crippen molar-refractivity contribution >= 4 is 0 Å². The van der Waals surface area contributed by atoms with Crippen molar-refractivity contribution in [2.45, 2.75) is 70.1 Å². The molecule has 3 N–H and O–H groups in total. The van der Waals surface area contributed by atoms with Gasteiger partial charge in [-0.3, -0.25) is 0 Å². The maximum absolute atomic E-state index is 9.78. The van der Waals surface area contributed by atoms with Gasteiger partial charge in [-0.05, 0) is 44.6 Å². The Hall–Kier alpha value is -0.120. The molecule has 3 heteroatoms. The average molecular weight is 240 g/mol. The molecule has 1 aliphatic carbocycles. The van der Waals surface area contributed by atoms with E-state index in [-0.39, 0.29) is 6.10 Å². The van der Waals surface area contributed by atoms with Gasteiger partial charge in [-0.1, -0.05) is 19.8 Å². The summed E-state index contributed by atoms with van der Waals surface area (Å²) < 4.78 is 0. The van der Waals surface area contributed by atoms with Crippen LogP contribution in [0.15, 0.2) is 0 Å². The highest BCUT2D eigenvalue weighted by Gasteiger charge is 2.34. The van der Waals surface area contributed by atoms with Crippen LogP contribution in [0, 0.1) is 5.92 Å². The van der Waals surface area contributed by atoms with Crippen LogP contribution < -0.4 is 10.6 Å². The summed E-state index contributed by atoms with van der Waals surface area (Å²) in [6, 6.07) is 1.37. The lowest BCUT2D eigenvalue weighted by molar-refractivity contribution is 0.151. The highest BCUT2D eigenvalue weighted by molar-refractivity contribution is 4.93. The van der Waals surface area contributed by atoms with Gasteiger partial charge in [0.1, 0.15) is 0 Å². The van der Waals surface area contributed by atoms with E-state index in [0.29, 0.717) is 6.04 Å². The Morgan fingerprint density at radius 1 is 1.29 bits per heavy atom. The number of aliphatic hydroxyl groups is 1. The molecule has 2 fully saturated rings. The predicted molar refractivity (Wildman–Crippen MR) is 71.1 cm³/mol. The van der Waals surface area contributed by atoms with E-state index in [9.17, 15) is 5.11 Å². The SMILES string of the molecule is CCCC(O)CNC1CCCC1C1CCCN1. The summed E-state index contributed by atoms with van der Waals surface area (Å²) in [5.74, 6) is 0.798. The van der Waals surface area contributed by atoms with Crippen molar-refractivity contribution in [3.8, 4) is 0 Å². The van der Waals surface area contributed by atoms with Gasteiger partial charge in [0, 0.05) is 18.6 Å². The lowest BCUT2D eigenvalue weighted by Gasteiger charge is -2.27. The van der Waals surface area contributed by atoms with E-state index >= 15 is 0 Å². The van der Waals surface area contributed by atoms with Crippen LogP contribution in [0.2, 0.25) is 0 Å². The Balaban J connectivity index is 1.74. The van der Waals surface area contributed by atoms with Gasteiger partial charge in [0.2, 0.25) is 0 Å². The minimum Gasteiger partial charge on any atom is -0.392 e. The molecule has 0 aromatic rings. The summed E-state index contributed by atoms with van der Waals surface area (Å²) in [6.07, 6.45) is 8.53. The topological polar surface area (TPSA) is 44.3 Å². The van der Waals surface area contributed by atoms with Gasteiger partial charge in [0.15, 0.2) is 0 Å². The molecule has 17 heavy (non-hydrogen) atoms. The summed E-state index contributed by atoms with van der Waals surface area (Å²) in [6.45, 7) is 4.11. The zero-order valence-electron chi connectivity index (χ0n) is 11.1. The number of nitrogens with one attached hydrogen (secondary N) is 2. The summed E-state index contributed by atoms with van der Waals surface area (Å²) in [4.78, 5) is 0.